The van der Waals surface area contributed by atoms with Crippen LogP contribution in [-0.4, -0.2) is 35.9 Å². The molecule has 2 aromatic heterocycles. The molecule has 1 N–H and O–H groups in total. The number of halogens is 1. The Kier molecular flexibility index (Phi) is 6.11. The molecule has 3 aromatic rings. The molecule has 1 aliphatic carbocycles. The first-order valence-corrected chi connectivity index (χ1v) is 10.8. The molecule has 28 heavy (non-hydrogen) atoms. The van der Waals surface area contributed by atoms with E-state index in [1.165, 1.54) is 10.4 Å². The molecule has 0 amide bonds. The fraction of sp³-hybridized carbons (Fsp3) is 0.429. The van der Waals surface area contributed by atoms with Crippen molar-refractivity contribution in [3.63, 3.8) is 0 Å². The van der Waals surface area contributed by atoms with Crippen molar-refractivity contribution in [2.45, 2.75) is 38.3 Å². The summed E-state index contributed by atoms with van der Waals surface area (Å²) >= 11 is 7.91. The molecule has 1 atom stereocenters. The number of thiophene rings is 1. The largest absolute Gasteiger partial charge is 0.383 e. The standard InChI is InChI=1S/C21H24ClN3O2S/c1-27-11-9-23-15-6-7-16-18(12-15)28-20-19(16)21(26)25(13-24-20)10-8-14-4-2-3-5-17(14)22/h2-5,13,15,23H,6-12H2,1H3/t15-/m0/s1. The van der Waals surface area contributed by atoms with E-state index in [1.54, 1.807) is 29.3 Å². The first-order valence-electron chi connectivity index (χ1n) is 9.62. The van der Waals surface area contributed by atoms with E-state index in [1.807, 2.05) is 24.3 Å². The van der Waals surface area contributed by atoms with Gasteiger partial charge in [0.25, 0.3) is 5.56 Å². The average Bonchev–Trinajstić information content (AvgIpc) is 3.07. The zero-order valence-corrected chi connectivity index (χ0v) is 17.5. The van der Waals surface area contributed by atoms with E-state index in [0.717, 1.165) is 46.6 Å². The second kappa shape index (κ2) is 8.74. The summed E-state index contributed by atoms with van der Waals surface area (Å²) in [7, 11) is 1.72. The van der Waals surface area contributed by atoms with Crippen LogP contribution in [0.15, 0.2) is 35.4 Å². The van der Waals surface area contributed by atoms with Crippen LogP contribution in [0.2, 0.25) is 5.02 Å². The van der Waals surface area contributed by atoms with Crippen LogP contribution >= 0.6 is 22.9 Å². The van der Waals surface area contributed by atoms with Crippen LogP contribution in [0.5, 0.6) is 0 Å². The van der Waals surface area contributed by atoms with Gasteiger partial charge >= 0.3 is 0 Å². The van der Waals surface area contributed by atoms with Crippen LogP contribution in [0.3, 0.4) is 0 Å². The molecule has 2 heterocycles. The number of nitrogens with one attached hydrogen (secondary N) is 1. The molecule has 7 heteroatoms. The van der Waals surface area contributed by atoms with Crippen LogP contribution in [-0.2, 0) is 30.5 Å². The molecule has 0 radical (unpaired) electrons. The van der Waals surface area contributed by atoms with Gasteiger partial charge in [0.2, 0.25) is 0 Å². The summed E-state index contributed by atoms with van der Waals surface area (Å²) in [6, 6.07) is 8.21. The number of hydrogen-bond donors (Lipinski definition) is 1. The van der Waals surface area contributed by atoms with Crippen molar-refractivity contribution >= 4 is 33.2 Å². The van der Waals surface area contributed by atoms with Crippen molar-refractivity contribution in [1.82, 2.24) is 14.9 Å². The highest BCUT2D eigenvalue weighted by Crippen LogP contribution is 2.33. The topological polar surface area (TPSA) is 56.1 Å². The molecule has 0 saturated carbocycles. The van der Waals surface area contributed by atoms with Crippen LogP contribution in [0.1, 0.15) is 22.4 Å². The Hall–Kier alpha value is -1.73. The van der Waals surface area contributed by atoms with Crippen LogP contribution in [0.4, 0.5) is 0 Å². The molecular formula is C21H24ClN3O2S. The molecular weight excluding hydrogens is 394 g/mol. The Morgan fingerprint density at radius 2 is 2.25 bits per heavy atom. The van der Waals surface area contributed by atoms with Crippen molar-refractivity contribution in [3.05, 3.63) is 62.0 Å². The molecule has 1 aromatic carbocycles. The zero-order chi connectivity index (χ0) is 19.5. The average molecular weight is 418 g/mol. The second-order valence-electron chi connectivity index (χ2n) is 7.16. The van der Waals surface area contributed by atoms with Gasteiger partial charge in [-0.1, -0.05) is 29.8 Å². The van der Waals surface area contributed by atoms with E-state index in [2.05, 4.69) is 10.3 Å². The Bertz CT molecular complexity index is 1030. The predicted molar refractivity (Wildman–Crippen MR) is 115 cm³/mol. The fourth-order valence-electron chi connectivity index (χ4n) is 3.84. The van der Waals surface area contributed by atoms with Crippen LogP contribution < -0.4 is 10.9 Å². The number of methoxy groups -OCH3 is 1. The number of nitrogens with zero attached hydrogens (tertiary/aromatic N) is 2. The summed E-state index contributed by atoms with van der Waals surface area (Å²) in [6.07, 6.45) is 5.31. The van der Waals surface area contributed by atoms with Gasteiger partial charge in [0.15, 0.2) is 0 Å². The molecule has 1 aliphatic rings. The monoisotopic (exact) mass is 417 g/mol. The minimum Gasteiger partial charge on any atom is -0.383 e. The Balaban J connectivity index is 1.55. The Labute approximate surface area is 173 Å². The third-order valence-electron chi connectivity index (χ3n) is 5.35. The number of ether oxygens (including phenoxy) is 1. The highest BCUT2D eigenvalue weighted by Gasteiger charge is 2.24. The molecule has 148 valence electrons. The molecule has 5 nitrogen and oxygen atoms in total. The maximum absolute atomic E-state index is 13.1. The van der Waals surface area contributed by atoms with Crippen molar-refractivity contribution in [2.24, 2.45) is 0 Å². The number of aromatic nitrogens is 2. The van der Waals surface area contributed by atoms with Crippen molar-refractivity contribution in [1.29, 1.82) is 0 Å². The molecule has 4 rings (SSSR count). The van der Waals surface area contributed by atoms with Crippen molar-refractivity contribution < 1.29 is 4.74 Å². The molecule has 0 unspecified atom stereocenters. The van der Waals surface area contributed by atoms with Crippen LogP contribution in [0, 0.1) is 0 Å². The maximum atomic E-state index is 13.1. The van der Waals surface area contributed by atoms with Crippen LogP contribution in [0.25, 0.3) is 10.2 Å². The lowest BCUT2D eigenvalue weighted by molar-refractivity contribution is 0.194. The molecule has 0 bridgehead atoms. The lowest BCUT2D eigenvalue weighted by atomic mass is 9.93. The summed E-state index contributed by atoms with van der Waals surface area (Å²) < 4.78 is 6.84. The number of hydrogen-bond acceptors (Lipinski definition) is 5. The number of benzene rings is 1. The molecule has 0 aliphatic heterocycles. The van der Waals surface area contributed by atoms with Crippen molar-refractivity contribution in [3.8, 4) is 0 Å². The van der Waals surface area contributed by atoms with Crippen molar-refractivity contribution in [2.75, 3.05) is 20.3 Å². The van der Waals surface area contributed by atoms with Gasteiger partial charge in [-0.05, 0) is 42.9 Å². The van der Waals surface area contributed by atoms with Gasteiger partial charge in [-0.15, -0.1) is 11.3 Å². The quantitative estimate of drug-likeness (QED) is 0.598. The molecule has 0 fully saturated rings. The summed E-state index contributed by atoms with van der Waals surface area (Å²) in [6.45, 7) is 2.15. The smallest absolute Gasteiger partial charge is 0.262 e. The lowest BCUT2D eigenvalue weighted by Crippen LogP contribution is -2.36. The van der Waals surface area contributed by atoms with Gasteiger partial charge in [-0.3, -0.25) is 9.36 Å². The van der Waals surface area contributed by atoms with Gasteiger partial charge in [0.05, 0.1) is 18.3 Å². The van der Waals surface area contributed by atoms with E-state index >= 15 is 0 Å². The van der Waals surface area contributed by atoms with Gasteiger partial charge in [0, 0.05) is 36.1 Å². The minimum absolute atomic E-state index is 0.0698. The van der Waals surface area contributed by atoms with E-state index in [0.29, 0.717) is 25.6 Å². The second-order valence-corrected chi connectivity index (χ2v) is 8.65. The minimum atomic E-state index is 0.0698. The van der Waals surface area contributed by atoms with E-state index in [4.69, 9.17) is 16.3 Å². The Morgan fingerprint density at radius 3 is 3.07 bits per heavy atom. The van der Waals surface area contributed by atoms with Gasteiger partial charge in [-0.25, -0.2) is 4.98 Å². The fourth-order valence-corrected chi connectivity index (χ4v) is 5.33. The predicted octanol–water partition coefficient (Wildman–Crippen LogP) is 3.45. The normalized spacial score (nSPS) is 16.4. The zero-order valence-electron chi connectivity index (χ0n) is 15.9. The number of rotatable bonds is 7. The summed E-state index contributed by atoms with van der Waals surface area (Å²) in [5, 5.41) is 5.10. The Morgan fingerprint density at radius 1 is 1.39 bits per heavy atom. The van der Waals surface area contributed by atoms with E-state index in [9.17, 15) is 4.79 Å². The van der Waals surface area contributed by atoms with Gasteiger partial charge < -0.3 is 10.1 Å². The highest BCUT2D eigenvalue weighted by molar-refractivity contribution is 7.18. The molecule has 0 spiro atoms. The molecule has 0 saturated heterocycles. The van der Waals surface area contributed by atoms with Gasteiger partial charge in [-0.2, -0.15) is 0 Å². The van der Waals surface area contributed by atoms with Gasteiger partial charge in [0.1, 0.15) is 4.83 Å². The first-order chi connectivity index (χ1) is 13.7. The highest BCUT2D eigenvalue weighted by atomic mass is 35.5. The third-order valence-corrected chi connectivity index (χ3v) is 6.89. The lowest BCUT2D eigenvalue weighted by Gasteiger charge is -2.23. The van der Waals surface area contributed by atoms with E-state index in [-0.39, 0.29) is 5.56 Å². The summed E-state index contributed by atoms with van der Waals surface area (Å²) in [5.41, 5.74) is 2.32. The first kappa shape index (κ1) is 19.6. The van der Waals surface area contributed by atoms with E-state index < -0.39 is 0 Å². The number of aryl methyl sites for hydroxylation is 3. The SMILES string of the molecule is COCCN[C@H]1CCc2c(sc3ncn(CCc4ccccc4Cl)c(=O)c23)C1. The third kappa shape index (κ3) is 4.01. The summed E-state index contributed by atoms with van der Waals surface area (Å²) in [4.78, 5) is 19.9. The number of fused-ring (bicyclic) bond motifs is 3. The summed E-state index contributed by atoms with van der Waals surface area (Å²) in [5.74, 6) is 0. The maximum Gasteiger partial charge on any atom is 0.262 e.